The molecule has 6 nitrogen and oxygen atoms in total. The van der Waals surface area contributed by atoms with Gasteiger partial charge < -0.3 is 15.2 Å². The van der Waals surface area contributed by atoms with Gasteiger partial charge in [-0.05, 0) is 19.1 Å². The first-order chi connectivity index (χ1) is 11.5. The van der Waals surface area contributed by atoms with Crippen LogP contribution in [0.3, 0.4) is 0 Å². The van der Waals surface area contributed by atoms with Crippen LogP contribution in [-0.2, 0) is 16.1 Å². The molecular weight excluding hydrogens is 335 g/mol. The first-order valence-electron chi connectivity index (χ1n) is 6.89. The molecular formula is C16H13FN2O4S. The lowest BCUT2D eigenvalue weighted by molar-refractivity contribution is 0.0448. The molecule has 0 aliphatic heterocycles. The fourth-order valence-electron chi connectivity index (χ4n) is 1.95. The molecule has 0 saturated carbocycles. The second kappa shape index (κ2) is 7.57. The highest BCUT2D eigenvalue weighted by Gasteiger charge is 2.24. The van der Waals surface area contributed by atoms with Crippen LogP contribution in [0.5, 0.6) is 0 Å². The molecule has 1 heterocycles. The van der Waals surface area contributed by atoms with Crippen molar-refractivity contribution in [3.63, 3.8) is 0 Å². The fourth-order valence-corrected chi connectivity index (χ4v) is 2.87. The molecule has 1 aromatic heterocycles. The normalized spacial score (nSPS) is 10.0. The molecule has 1 aromatic carbocycles. The van der Waals surface area contributed by atoms with Crippen LogP contribution in [-0.4, -0.2) is 18.5 Å². The Kier molecular flexibility index (Phi) is 5.50. The maximum absolute atomic E-state index is 13.6. The third kappa shape index (κ3) is 3.52. The van der Waals surface area contributed by atoms with E-state index in [2.05, 4.69) is 0 Å². The van der Waals surface area contributed by atoms with Gasteiger partial charge in [-0.3, -0.25) is 0 Å². The van der Waals surface area contributed by atoms with E-state index in [-0.39, 0.29) is 33.2 Å². The maximum atomic E-state index is 13.6. The second-order valence-corrected chi connectivity index (χ2v) is 5.59. The SMILES string of the molecule is CCOC(=O)c1sc(N)c(C#N)c1COC(=O)c1ccccc1F. The molecule has 0 saturated heterocycles. The number of carbonyl (C=O) groups excluding carboxylic acids is 2. The minimum absolute atomic E-state index is 0.0457. The first-order valence-corrected chi connectivity index (χ1v) is 7.71. The molecule has 2 aromatic rings. The molecule has 0 unspecified atom stereocenters. The van der Waals surface area contributed by atoms with E-state index in [1.54, 1.807) is 6.92 Å². The van der Waals surface area contributed by atoms with Gasteiger partial charge in [0.2, 0.25) is 0 Å². The molecule has 24 heavy (non-hydrogen) atoms. The van der Waals surface area contributed by atoms with Gasteiger partial charge in [0.1, 0.15) is 28.4 Å². The van der Waals surface area contributed by atoms with Gasteiger partial charge in [0.05, 0.1) is 17.7 Å². The largest absolute Gasteiger partial charge is 0.462 e. The van der Waals surface area contributed by atoms with Crippen molar-refractivity contribution in [2.45, 2.75) is 13.5 Å². The Morgan fingerprint density at radius 3 is 2.62 bits per heavy atom. The lowest BCUT2D eigenvalue weighted by Gasteiger charge is -2.07. The minimum Gasteiger partial charge on any atom is -0.462 e. The van der Waals surface area contributed by atoms with Gasteiger partial charge in [0, 0.05) is 5.56 Å². The summed E-state index contributed by atoms with van der Waals surface area (Å²) in [7, 11) is 0. The quantitative estimate of drug-likeness (QED) is 0.834. The van der Waals surface area contributed by atoms with Crippen molar-refractivity contribution in [2.24, 2.45) is 0 Å². The highest BCUT2D eigenvalue weighted by atomic mass is 32.1. The number of carbonyl (C=O) groups is 2. The van der Waals surface area contributed by atoms with Gasteiger partial charge in [-0.2, -0.15) is 5.26 Å². The monoisotopic (exact) mass is 348 g/mol. The van der Waals surface area contributed by atoms with E-state index in [1.165, 1.54) is 18.2 Å². The van der Waals surface area contributed by atoms with Gasteiger partial charge in [-0.25, -0.2) is 14.0 Å². The molecule has 0 fully saturated rings. The smallest absolute Gasteiger partial charge is 0.348 e. The molecule has 0 aliphatic rings. The van der Waals surface area contributed by atoms with Crippen molar-refractivity contribution >= 4 is 28.3 Å². The topological polar surface area (TPSA) is 102 Å². The zero-order valence-electron chi connectivity index (χ0n) is 12.7. The summed E-state index contributed by atoms with van der Waals surface area (Å²) in [5.41, 5.74) is 5.68. The fraction of sp³-hybridized carbons (Fsp3) is 0.188. The van der Waals surface area contributed by atoms with Gasteiger partial charge >= 0.3 is 11.9 Å². The van der Waals surface area contributed by atoms with Crippen LogP contribution in [0.4, 0.5) is 9.39 Å². The average Bonchev–Trinajstić information content (AvgIpc) is 2.89. The molecule has 0 radical (unpaired) electrons. The number of rotatable bonds is 5. The Morgan fingerprint density at radius 2 is 2.00 bits per heavy atom. The summed E-state index contributed by atoms with van der Waals surface area (Å²) in [5, 5.41) is 9.30. The number of anilines is 1. The number of nitrogens with two attached hydrogens (primary N) is 1. The van der Waals surface area contributed by atoms with Crippen molar-refractivity contribution in [3.8, 4) is 6.07 Å². The summed E-state index contributed by atoms with van der Waals surface area (Å²) in [6, 6.07) is 7.21. The Labute approximate surface area is 141 Å². The summed E-state index contributed by atoms with van der Waals surface area (Å²) in [4.78, 5) is 24.0. The molecule has 0 bridgehead atoms. The number of nitrogen functional groups attached to an aromatic ring is 1. The molecule has 8 heteroatoms. The van der Waals surface area contributed by atoms with E-state index < -0.39 is 24.4 Å². The lowest BCUT2D eigenvalue weighted by atomic mass is 10.1. The van der Waals surface area contributed by atoms with Crippen LogP contribution in [0.25, 0.3) is 0 Å². The van der Waals surface area contributed by atoms with Crippen LogP contribution in [0, 0.1) is 17.1 Å². The summed E-state index contributed by atoms with van der Waals surface area (Å²) in [6.45, 7) is 1.39. The van der Waals surface area contributed by atoms with Crippen LogP contribution in [0.15, 0.2) is 24.3 Å². The Hall–Kier alpha value is -2.92. The Balaban J connectivity index is 2.26. The van der Waals surface area contributed by atoms with E-state index in [1.807, 2.05) is 6.07 Å². The molecule has 0 atom stereocenters. The summed E-state index contributed by atoms with van der Waals surface area (Å²) >= 11 is 0.880. The minimum atomic E-state index is -0.906. The Morgan fingerprint density at radius 1 is 1.29 bits per heavy atom. The van der Waals surface area contributed by atoms with Gasteiger partial charge in [0.15, 0.2) is 0 Å². The van der Waals surface area contributed by atoms with Gasteiger partial charge in [-0.1, -0.05) is 12.1 Å². The molecule has 2 N–H and O–H groups in total. The van der Waals surface area contributed by atoms with E-state index >= 15 is 0 Å². The first kappa shape index (κ1) is 17.4. The van der Waals surface area contributed by atoms with Crippen molar-refractivity contribution in [2.75, 3.05) is 12.3 Å². The summed E-state index contributed by atoms with van der Waals surface area (Å²) in [6.07, 6.45) is 0. The van der Waals surface area contributed by atoms with E-state index in [9.17, 15) is 19.2 Å². The molecule has 2 rings (SSSR count). The van der Waals surface area contributed by atoms with Crippen molar-refractivity contribution in [1.29, 1.82) is 5.26 Å². The van der Waals surface area contributed by atoms with E-state index in [0.717, 1.165) is 17.4 Å². The zero-order valence-corrected chi connectivity index (χ0v) is 13.5. The van der Waals surface area contributed by atoms with Crippen molar-refractivity contribution < 1.29 is 23.5 Å². The average molecular weight is 348 g/mol. The third-order valence-corrected chi connectivity index (χ3v) is 4.09. The number of nitriles is 1. The van der Waals surface area contributed by atoms with Crippen LogP contribution in [0.2, 0.25) is 0 Å². The predicted octanol–water partition coefficient (Wildman–Crippen LogP) is 2.87. The number of halogens is 1. The highest BCUT2D eigenvalue weighted by Crippen LogP contribution is 2.32. The number of hydrogen-bond donors (Lipinski definition) is 1. The lowest BCUT2D eigenvalue weighted by Crippen LogP contribution is -2.11. The molecule has 124 valence electrons. The van der Waals surface area contributed by atoms with Crippen molar-refractivity contribution in [1.82, 2.24) is 0 Å². The van der Waals surface area contributed by atoms with Crippen LogP contribution >= 0.6 is 11.3 Å². The van der Waals surface area contributed by atoms with Crippen LogP contribution in [0.1, 0.15) is 38.1 Å². The predicted molar refractivity (Wildman–Crippen MR) is 84.9 cm³/mol. The number of hydrogen-bond acceptors (Lipinski definition) is 7. The Bertz CT molecular complexity index is 826. The van der Waals surface area contributed by atoms with Crippen molar-refractivity contribution in [3.05, 3.63) is 51.7 Å². The number of nitrogens with zero attached hydrogens (tertiary/aromatic N) is 1. The van der Waals surface area contributed by atoms with E-state index in [4.69, 9.17) is 15.2 Å². The number of ether oxygens (including phenoxy) is 2. The third-order valence-electron chi connectivity index (χ3n) is 3.05. The molecule has 0 aliphatic carbocycles. The van der Waals surface area contributed by atoms with Crippen LogP contribution < -0.4 is 5.73 Å². The maximum Gasteiger partial charge on any atom is 0.348 e. The second-order valence-electron chi connectivity index (χ2n) is 4.54. The molecule has 0 spiro atoms. The van der Waals surface area contributed by atoms with Gasteiger partial charge in [-0.15, -0.1) is 11.3 Å². The standard InChI is InChI=1S/C16H13FN2O4S/c1-2-22-16(21)13-11(10(7-18)14(19)24-13)8-23-15(20)9-5-3-4-6-12(9)17/h3-6H,2,8,19H2,1H3. The number of thiophene rings is 1. The van der Waals surface area contributed by atoms with Gasteiger partial charge in [0.25, 0.3) is 0 Å². The summed E-state index contributed by atoms with van der Waals surface area (Å²) < 4.78 is 23.5. The van der Waals surface area contributed by atoms with E-state index in [0.29, 0.717) is 0 Å². The summed E-state index contributed by atoms with van der Waals surface area (Å²) in [5.74, 6) is -2.29. The number of benzene rings is 1. The zero-order chi connectivity index (χ0) is 17.7. The highest BCUT2D eigenvalue weighted by molar-refractivity contribution is 7.18. The number of esters is 2. The molecule has 0 amide bonds.